The van der Waals surface area contributed by atoms with E-state index in [0.29, 0.717) is 18.8 Å². The minimum atomic E-state index is -1.15. The van der Waals surface area contributed by atoms with Crippen LogP contribution >= 0.6 is 0 Å². The normalized spacial score (nSPS) is 20.4. The number of carbonyl (C=O) groups excluding carboxylic acids is 1. The highest BCUT2D eigenvalue weighted by atomic mass is 16.4. The molecule has 4 rings (SSSR count). The Morgan fingerprint density at radius 2 is 1.88 bits per heavy atom. The van der Waals surface area contributed by atoms with E-state index in [1.807, 2.05) is 51.2 Å². The van der Waals surface area contributed by atoms with E-state index in [4.69, 9.17) is 5.73 Å². The molecule has 0 unspecified atom stereocenters. The Balaban J connectivity index is 1.72. The van der Waals surface area contributed by atoms with E-state index in [2.05, 4.69) is 17.2 Å². The molecule has 1 aromatic heterocycles. The van der Waals surface area contributed by atoms with Crippen LogP contribution in [0.15, 0.2) is 30.3 Å². The van der Waals surface area contributed by atoms with Gasteiger partial charge in [0.2, 0.25) is 0 Å². The van der Waals surface area contributed by atoms with Crippen LogP contribution in [0.4, 0.5) is 4.79 Å². The third-order valence-corrected chi connectivity index (χ3v) is 9.14. The number of aryl methyl sites for hydroxylation is 3. The largest absolute Gasteiger partial charge is 0.481 e. The second-order valence-electron chi connectivity index (χ2n) is 12.3. The highest BCUT2D eigenvalue weighted by Crippen LogP contribution is 2.44. The summed E-state index contributed by atoms with van der Waals surface area (Å²) < 4.78 is 1.70. The van der Waals surface area contributed by atoms with Crippen molar-refractivity contribution in [3.8, 4) is 0 Å². The van der Waals surface area contributed by atoms with E-state index >= 15 is 0 Å². The number of carboxylic acids is 1. The predicted octanol–water partition coefficient (Wildman–Crippen LogP) is 5.04. The number of hydrogen-bond acceptors (Lipinski definition) is 5. The standard InChI is InChI=1S/C31H43N5O4/c1-7-21-12-14-31(40,15-13-21)18-36(29(32)39)17-23-16-22(9-8-19(23)2)26(30(4,5)28(37)38)24-10-11-25-27(20(24)3)33-34-35(25)6/h8-11,16,21,26,40H,7,12-15,17-18H2,1-6H3,(H2,32,39)(H,37,38)/t21?,26-,31?/m0/s1. The van der Waals surface area contributed by atoms with Crippen LogP contribution in [-0.2, 0) is 18.4 Å². The molecule has 0 spiro atoms. The molecule has 1 atom stereocenters. The summed E-state index contributed by atoms with van der Waals surface area (Å²) in [6.07, 6.45) is 4.27. The summed E-state index contributed by atoms with van der Waals surface area (Å²) in [5, 5.41) is 30.1. The number of carbonyl (C=O) groups is 2. The topological polar surface area (TPSA) is 135 Å². The van der Waals surface area contributed by atoms with Crippen LogP contribution in [-0.4, -0.2) is 54.3 Å². The number of nitrogens with zero attached hydrogens (tertiary/aromatic N) is 4. The Morgan fingerprint density at radius 1 is 1.20 bits per heavy atom. The predicted molar refractivity (Wildman–Crippen MR) is 155 cm³/mol. The van der Waals surface area contributed by atoms with Gasteiger partial charge in [-0.1, -0.05) is 42.8 Å². The molecule has 1 aliphatic carbocycles. The van der Waals surface area contributed by atoms with Crippen molar-refractivity contribution in [2.24, 2.45) is 24.1 Å². The molecule has 2 aromatic carbocycles. The second-order valence-corrected chi connectivity index (χ2v) is 12.3. The molecular weight excluding hydrogens is 506 g/mol. The van der Waals surface area contributed by atoms with E-state index in [0.717, 1.165) is 58.1 Å². The number of benzene rings is 2. The Morgan fingerprint density at radius 3 is 2.48 bits per heavy atom. The molecule has 4 N–H and O–H groups in total. The number of aliphatic carboxylic acids is 1. The van der Waals surface area contributed by atoms with Crippen molar-refractivity contribution in [1.82, 2.24) is 19.9 Å². The lowest BCUT2D eigenvalue weighted by molar-refractivity contribution is -0.147. The van der Waals surface area contributed by atoms with Gasteiger partial charge in [0, 0.05) is 19.5 Å². The summed E-state index contributed by atoms with van der Waals surface area (Å²) in [6.45, 7) is 9.97. The molecule has 1 fully saturated rings. The number of hydrogen-bond donors (Lipinski definition) is 3. The molecule has 0 aliphatic heterocycles. The average molecular weight is 550 g/mol. The van der Waals surface area contributed by atoms with Crippen molar-refractivity contribution in [3.63, 3.8) is 0 Å². The Kier molecular flexibility index (Phi) is 8.26. The summed E-state index contributed by atoms with van der Waals surface area (Å²) in [4.78, 5) is 26.7. The Hall–Kier alpha value is -3.46. The van der Waals surface area contributed by atoms with Gasteiger partial charge in [0.05, 0.1) is 23.1 Å². The molecule has 0 radical (unpaired) electrons. The number of primary amides is 1. The molecule has 40 heavy (non-hydrogen) atoms. The van der Waals surface area contributed by atoms with Crippen molar-refractivity contribution in [2.45, 2.75) is 84.8 Å². The minimum absolute atomic E-state index is 0.176. The first-order valence-corrected chi connectivity index (χ1v) is 14.2. The summed E-state index contributed by atoms with van der Waals surface area (Å²) in [6, 6.07) is 9.23. The average Bonchev–Trinajstić information content (AvgIpc) is 3.28. The fourth-order valence-corrected chi connectivity index (χ4v) is 6.27. The van der Waals surface area contributed by atoms with Crippen LogP contribution in [0.1, 0.15) is 86.6 Å². The third-order valence-electron chi connectivity index (χ3n) is 9.14. The molecule has 0 saturated heterocycles. The summed E-state index contributed by atoms with van der Waals surface area (Å²) in [5.41, 5.74) is 9.74. The first kappa shape index (κ1) is 29.5. The molecule has 216 valence electrons. The van der Waals surface area contributed by atoms with Crippen molar-refractivity contribution in [3.05, 3.63) is 58.1 Å². The van der Waals surface area contributed by atoms with Crippen LogP contribution < -0.4 is 5.73 Å². The fourth-order valence-electron chi connectivity index (χ4n) is 6.27. The van der Waals surface area contributed by atoms with Gasteiger partial charge in [-0.05, 0) is 93.2 Å². The number of nitrogens with two attached hydrogens (primary N) is 1. The third kappa shape index (κ3) is 5.70. The number of rotatable bonds is 9. The van der Waals surface area contributed by atoms with Gasteiger partial charge in [-0.25, -0.2) is 9.48 Å². The lowest BCUT2D eigenvalue weighted by Crippen LogP contribution is -2.49. The second kappa shape index (κ2) is 11.2. The number of fused-ring (bicyclic) bond motifs is 1. The number of aliphatic hydroxyl groups is 1. The first-order chi connectivity index (χ1) is 18.8. The van der Waals surface area contributed by atoms with Gasteiger partial charge in [0.15, 0.2) is 0 Å². The van der Waals surface area contributed by atoms with Crippen molar-refractivity contribution >= 4 is 23.0 Å². The quantitative estimate of drug-likeness (QED) is 0.342. The van der Waals surface area contributed by atoms with E-state index < -0.39 is 28.9 Å². The van der Waals surface area contributed by atoms with E-state index in [1.54, 1.807) is 18.5 Å². The van der Waals surface area contributed by atoms with Gasteiger partial charge in [-0.3, -0.25) is 4.79 Å². The van der Waals surface area contributed by atoms with E-state index in [1.165, 1.54) is 4.90 Å². The molecule has 9 nitrogen and oxygen atoms in total. The van der Waals surface area contributed by atoms with Gasteiger partial charge in [-0.2, -0.15) is 0 Å². The highest BCUT2D eigenvalue weighted by molar-refractivity contribution is 5.82. The molecule has 3 aromatic rings. The van der Waals surface area contributed by atoms with Gasteiger partial charge >= 0.3 is 12.0 Å². The maximum atomic E-state index is 12.6. The zero-order chi connectivity index (χ0) is 29.4. The molecular formula is C31H43N5O4. The SMILES string of the molecule is CCC1CCC(O)(CN(Cc2cc([C@@H](c3ccc4c(nnn4C)c3C)C(C)(C)C(=O)O)ccc2C)C(N)=O)CC1. The zero-order valence-electron chi connectivity index (χ0n) is 24.6. The van der Waals surface area contributed by atoms with E-state index in [-0.39, 0.29) is 13.1 Å². The summed E-state index contributed by atoms with van der Waals surface area (Å²) in [7, 11) is 1.83. The van der Waals surface area contributed by atoms with Crippen molar-refractivity contribution < 1.29 is 19.8 Å². The minimum Gasteiger partial charge on any atom is -0.481 e. The monoisotopic (exact) mass is 549 g/mol. The van der Waals surface area contributed by atoms with Crippen LogP contribution in [0.25, 0.3) is 11.0 Å². The van der Waals surface area contributed by atoms with Gasteiger partial charge < -0.3 is 20.8 Å². The van der Waals surface area contributed by atoms with Gasteiger partial charge in [0.25, 0.3) is 0 Å². The van der Waals surface area contributed by atoms with Gasteiger partial charge in [-0.15, -0.1) is 5.10 Å². The first-order valence-electron chi connectivity index (χ1n) is 14.2. The Bertz CT molecular complexity index is 1400. The van der Waals surface area contributed by atoms with Crippen molar-refractivity contribution in [1.29, 1.82) is 0 Å². The van der Waals surface area contributed by atoms with Crippen LogP contribution in [0.5, 0.6) is 0 Å². The number of urea groups is 1. The molecule has 1 aliphatic rings. The van der Waals surface area contributed by atoms with Crippen LogP contribution in [0.2, 0.25) is 0 Å². The van der Waals surface area contributed by atoms with Gasteiger partial charge in [0.1, 0.15) is 5.52 Å². The smallest absolute Gasteiger partial charge is 0.315 e. The number of aromatic nitrogens is 3. The molecule has 2 amide bonds. The maximum Gasteiger partial charge on any atom is 0.315 e. The zero-order valence-corrected chi connectivity index (χ0v) is 24.6. The highest BCUT2D eigenvalue weighted by Gasteiger charge is 2.40. The molecule has 1 saturated carbocycles. The number of amides is 2. The molecule has 9 heteroatoms. The summed E-state index contributed by atoms with van der Waals surface area (Å²) in [5.74, 6) is -0.798. The fraction of sp³-hybridized carbons (Fsp3) is 0.548. The lowest BCUT2D eigenvalue weighted by atomic mass is 9.69. The van der Waals surface area contributed by atoms with Crippen molar-refractivity contribution in [2.75, 3.05) is 6.54 Å². The number of carboxylic acid groups (broad SMARTS) is 1. The van der Waals surface area contributed by atoms with Crippen LogP contribution in [0, 0.1) is 25.2 Å². The lowest BCUT2D eigenvalue weighted by Gasteiger charge is -2.39. The van der Waals surface area contributed by atoms with E-state index in [9.17, 15) is 19.8 Å². The molecule has 1 heterocycles. The summed E-state index contributed by atoms with van der Waals surface area (Å²) >= 11 is 0. The Labute approximate surface area is 236 Å². The maximum absolute atomic E-state index is 12.6. The van der Waals surface area contributed by atoms with Crippen LogP contribution in [0.3, 0.4) is 0 Å². The molecule has 0 bridgehead atoms.